The van der Waals surface area contributed by atoms with Crippen LogP contribution >= 0.6 is 21.9 Å². The predicted octanol–water partition coefficient (Wildman–Crippen LogP) is 0.0844. The molecule has 0 spiro atoms. The first-order valence-electron chi connectivity index (χ1n) is 14.6. The van der Waals surface area contributed by atoms with Gasteiger partial charge < -0.3 is 50.6 Å². The number of ether oxygens (including phenoxy) is 1. The number of imidazole rings is 3. The number of nitrogens with one attached hydrogen (secondary N) is 7. The third kappa shape index (κ3) is 11.1. The van der Waals surface area contributed by atoms with E-state index in [1.807, 2.05) is 0 Å². The van der Waals surface area contributed by atoms with Crippen LogP contribution in [0.15, 0.2) is 61.8 Å². The van der Waals surface area contributed by atoms with Crippen LogP contribution in [-0.4, -0.2) is 106 Å². The molecule has 4 rings (SSSR count). The van der Waals surface area contributed by atoms with Crippen molar-refractivity contribution in [2.24, 2.45) is 0 Å². The average Bonchev–Trinajstić information content (AvgIpc) is 3.91. The zero-order valence-electron chi connectivity index (χ0n) is 25.9. The molecule has 0 radical (unpaired) electrons. The van der Waals surface area contributed by atoms with Gasteiger partial charge in [-0.25, -0.2) is 19.7 Å². The summed E-state index contributed by atoms with van der Waals surface area (Å²) in [7, 11) is 2.31. The number of aromatic nitrogens is 6. The number of carboxylic acids is 1. The highest BCUT2D eigenvalue weighted by Gasteiger charge is 2.32. The van der Waals surface area contributed by atoms with E-state index in [4.69, 9.17) is 9.29 Å². The molecule has 0 aliphatic heterocycles. The van der Waals surface area contributed by atoms with Gasteiger partial charge in [-0.05, 0) is 24.3 Å². The Morgan fingerprint density at radius 2 is 1.14 bits per heavy atom. The molecule has 0 saturated heterocycles. The number of carbonyl (C=O) groups excluding carboxylic acids is 4. The standard InChI is InChI=1S/C29H34N10O8S2/c1-47-20-4-2-16(3-5-20)25(40)36-21(6-17-9-30-13-33-17)26(41)37-22(7-18-10-31-14-34-18)27(42)38-23(8-19-11-32-15-35-19)28(43)39-24(29(44)45)12-48-49-46/h2-5,9-11,13-15,21-24,46H,6-8,12H2,1H3,(H,30,33)(H,31,34)(H,32,35)(H,36,40)(H,37,41)(H,38,42)(H,39,43)(H,44,45). The predicted molar refractivity (Wildman–Crippen MR) is 177 cm³/mol. The number of nitrogens with zero attached hydrogens (tertiary/aromatic N) is 3. The molecule has 49 heavy (non-hydrogen) atoms. The maximum absolute atomic E-state index is 13.8. The first-order chi connectivity index (χ1) is 23.7. The lowest BCUT2D eigenvalue weighted by Gasteiger charge is -2.25. The molecular weight excluding hydrogens is 681 g/mol. The second-order valence-electron chi connectivity index (χ2n) is 10.5. The van der Waals surface area contributed by atoms with E-state index in [-0.39, 0.29) is 30.6 Å². The molecular formula is C29H34N10O8S2. The fourth-order valence-electron chi connectivity index (χ4n) is 4.55. The number of rotatable bonds is 19. The molecule has 4 aromatic rings. The summed E-state index contributed by atoms with van der Waals surface area (Å²) in [5.74, 6) is -3.84. The van der Waals surface area contributed by atoms with Gasteiger partial charge in [0, 0.05) is 66.3 Å². The van der Waals surface area contributed by atoms with Gasteiger partial charge in [-0.3, -0.25) is 19.2 Å². The quantitative estimate of drug-likeness (QED) is 0.0461. The number of methoxy groups -OCH3 is 1. The number of H-pyrrole nitrogens is 3. The van der Waals surface area contributed by atoms with Gasteiger partial charge in [0.2, 0.25) is 17.7 Å². The Labute approximate surface area is 287 Å². The molecule has 4 atom stereocenters. The minimum atomic E-state index is -1.38. The average molecular weight is 715 g/mol. The van der Waals surface area contributed by atoms with Crippen molar-refractivity contribution in [2.75, 3.05) is 12.9 Å². The summed E-state index contributed by atoms with van der Waals surface area (Å²) in [5.41, 5.74) is 1.74. The van der Waals surface area contributed by atoms with Gasteiger partial charge in [0.1, 0.15) is 29.9 Å². The van der Waals surface area contributed by atoms with Crippen molar-refractivity contribution in [2.45, 2.75) is 43.4 Å². The van der Waals surface area contributed by atoms with Gasteiger partial charge in [0.05, 0.1) is 37.2 Å². The Hall–Kier alpha value is -5.34. The fourth-order valence-corrected chi connectivity index (χ4v) is 5.56. The summed E-state index contributed by atoms with van der Waals surface area (Å²) in [6.07, 6.45) is 8.41. The Morgan fingerprint density at radius 1 is 0.714 bits per heavy atom. The Morgan fingerprint density at radius 3 is 1.51 bits per heavy atom. The number of hydrogen-bond donors (Lipinski definition) is 9. The van der Waals surface area contributed by atoms with Gasteiger partial charge >= 0.3 is 5.97 Å². The van der Waals surface area contributed by atoms with E-state index in [9.17, 15) is 29.1 Å². The van der Waals surface area contributed by atoms with E-state index in [1.165, 1.54) is 56.8 Å². The molecule has 260 valence electrons. The maximum atomic E-state index is 13.8. The molecule has 18 nitrogen and oxygen atoms in total. The first-order valence-corrected chi connectivity index (χ1v) is 16.9. The molecule has 3 heterocycles. The maximum Gasteiger partial charge on any atom is 0.327 e. The van der Waals surface area contributed by atoms with E-state index < -0.39 is 53.8 Å². The van der Waals surface area contributed by atoms with Crippen LogP contribution in [0, 0.1) is 0 Å². The van der Waals surface area contributed by atoms with Crippen LogP contribution < -0.4 is 26.0 Å². The third-order valence-corrected chi connectivity index (χ3v) is 8.38. The SMILES string of the molecule is COc1ccc(C(=O)NC(Cc2cnc[nH]2)C(=O)NC(Cc2cnc[nH]2)C(=O)NC(Cc2cnc[nH]2)C(=O)NC(CSSO)C(=O)O)cc1. The summed E-state index contributed by atoms with van der Waals surface area (Å²) in [6, 6.07) is 1.13. The van der Waals surface area contributed by atoms with Gasteiger partial charge in [-0.1, -0.05) is 10.8 Å². The van der Waals surface area contributed by atoms with Gasteiger partial charge in [-0.2, -0.15) is 0 Å². The number of amides is 4. The third-order valence-electron chi connectivity index (χ3n) is 7.08. The van der Waals surface area contributed by atoms with Crippen LogP contribution in [0.4, 0.5) is 0 Å². The molecule has 9 N–H and O–H groups in total. The van der Waals surface area contributed by atoms with Crippen molar-refractivity contribution in [3.63, 3.8) is 0 Å². The van der Waals surface area contributed by atoms with Crippen LogP contribution in [0.25, 0.3) is 0 Å². The highest BCUT2D eigenvalue weighted by Crippen LogP contribution is 2.17. The van der Waals surface area contributed by atoms with Crippen molar-refractivity contribution in [3.05, 3.63) is 84.5 Å². The Bertz CT molecular complexity index is 1650. The molecule has 0 aliphatic carbocycles. The summed E-state index contributed by atoms with van der Waals surface area (Å²) in [5, 5.41) is 20.0. The molecule has 4 unspecified atom stereocenters. The molecule has 0 saturated carbocycles. The largest absolute Gasteiger partial charge is 0.497 e. The van der Waals surface area contributed by atoms with Crippen molar-refractivity contribution < 1.29 is 38.4 Å². The van der Waals surface area contributed by atoms with E-state index in [0.29, 0.717) is 33.9 Å². The minimum Gasteiger partial charge on any atom is -0.497 e. The minimum absolute atomic E-state index is 0.00229. The molecule has 4 amide bonds. The second kappa shape index (κ2) is 18.3. The number of hydrogen-bond acceptors (Lipinski definition) is 12. The van der Waals surface area contributed by atoms with E-state index in [2.05, 4.69) is 51.2 Å². The summed E-state index contributed by atoms with van der Waals surface area (Å²) >= 11 is 0.349. The number of aromatic amines is 3. The summed E-state index contributed by atoms with van der Waals surface area (Å²) < 4.78 is 14.2. The van der Waals surface area contributed by atoms with Crippen molar-refractivity contribution >= 4 is 51.5 Å². The molecule has 20 heteroatoms. The highest BCUT2D eigenvalue weighted by atomic mass is 33.1. The number of benzene rings is 1. The molecule has 0 aliphatic rings. The monoisotopic (exact) mass is 714 g/mol. The highest BCUT2D eigenvalue weighted by molar-refractivity contribution is 8.74. The van der Waals surface area contributed by atoms with E-state index in [0.717, 1.165) is 10.8 Å². The summed E-state index contributed by atoms with van der Waals surface area (Å²) in [4.78, 5) is 86.4. The number of carbonyl (C=O) groups is 5. The normalized spacial score (nSPS) is 13.3. The first kappa shape index (κ1) is 36.5. The lowest BCUT2D eigenvalue weighted by molar-refractivity contribution is -0.141. The summed E-state index contributed by atoms with van der Waals surface area (Å²) in [6.45, 7) is 0. The van der Waals surface area contributed by atoms with Crippen LogP contribution in [0.1, 0.15) is 27.4 Å². The lowest BCUT2D eigenvalue weighted by atomic mass is 10.1. The zero-order chi connectivity index (χ0) is 35.2. The Kier molecular flexibility index (Phi) is 13.6. The number of carboxylic acid groups (broad SMARTS) is 1. The molecule has 0 bridgehead atoms. The topological polar surface area (TPSA) is 269 Å². The lowest BCUT2D eigenvalue weighted by Crippen LogP contribution is -2.59. The van der Waals surface area contributed by atoms with Crippen LogP contribution in [0.3, 0.4) is 0 Å². The van der Waals surface area contributed by atoms with Crippen LogP contribution in [0.2, 0.25) is 0 Å². The van der Waals surface area contributed by atoms with E-state index in [1.54, 1.807) is 12.1 Å². The van der Waals surface area contributed by atoms with Crippen LogP contribution in [-0.2, 0) is 38.4 Å². The van der Waals surface area contributed by atoms with E-state index >= 15 is 0 Å². The number of aliphatic carboxylic acids is 1. The molecule has 3 aromatic heterocycles. The van der Waals surface area contributed by atoms with Crippen LogP contribution in [0.5, 0.6) is 5.75 Å². The Balaban J connectivity index is 1.56. The fraction of sp³-hybridized carbons (Fsp3) is 0.310. The van der Waals surface area contributed by atoms with Gasteiger partial charge in [-0.15, -0.1) is 0 Å². The van der Waals surface area contributed by atoms with Crippen molar-refractivity contribution in [1.29, 1.82) is 0 Å². The second-order valence-corrected chi connectivity index (χ2v) is 12.4. The zero-order valence-corrected chi connectivity index (χ0v) is 27.5. The molecule has 0 fully saturated rings. The van der Waals surface area contributed by atoms with Gasteiger partial charge in [0.15, 0.2) is 0 Å². The van der Waals surface area contributed by atoms with Crippen molar-refractivity contribution in [1.82, 2.24) is 51.2 Å². The molecule has 1 aromatic carbocycles. The van der Waals surface area contributed by atoms with Crippen molar-refractivity contribution in [3.8, 4) is 5.75 Å². The smallest absolute Gasteiger partial charge is 0.327 e. The van der Waals surface area contributed by atoms with Gasteiger partial charge in [0.25, 0.3) is 5.91 Å².